The molecule has 0 aromatic heterocycles. The fourth-order valence-corrected chi connectivity index (χ4v) is 2.60. The Morgan fingerprint density at radius 1 is 1.08 bits per heavy atom. The second-order valence-electron chi connectivity index (χ2n) is 6.11. The molecule has 2 aromatic carbocycles. The summed E-state index contributed by atoms with van der Waals surface area (Å²) in [6.45, 7) is 2.01. The number of hydrogen-bond acceptors (Lipinski definition) is 1. The fraction of sp³-hybridized carbons (Fsp3) is 0.286. The summed E-state index contributed by atoms with van der Waals surface area (Å²) in [6.07, 6.45) is 1.16. The van der Waals surface area contributed by atoms with Crippen LogP contribution >= 0.6 is 0 Å². The molecule has 2 aromatic rings. The van der Waals surface area contributed by atoms with Crippen LogP contribution in [0.4, 0.5) is 13.2 Å². The Bertz CT molecular complexity index is 745. The van der Waals surface area contributed by atoms with Gasteiger partial charge in [0.2, 0.25) is 0 Å². The zero-order chi connectivity index (χ0) is 18.3. The van der Waals surface area contributed by atoms with E-state index in [2.05, 4.69) is 0 Å². The second kappa shape index (κ2) is 8.65. The highest BCUT2D eigenvalue weighted by Crippen LogP contribution is 2.29. The van der Waals surface area contributed by atoms with Gasteiger partial charge >= 0.3 is 6.18 Å². The molecule has 0 atom stereocenters. The van der Waals surface area contributed by atoms with E-state index in [1.807, 2.05) is 43.3 Å². The van der Waals surface area contributed by atoms with E-state index in [-0.39, 0.29) is 5.78 Å². The van der Waals surface area contributed by atoms with Crippen molar-refractivity contribution in [1.82, 2.24) is 0 Å². The lowest BCUT2D eigenvalue weighted by atomic mass is 10.0. The molecule has 2 rings (SSSR count). The molecule has 0 heterocycles. The largest absolute Gasteiger partial charge is 0.416 e. The van der Waals surface area contributed by atoms with Gasteiger partial charge in [-0.2, -0.15) is 13.2 Å². The molecule has 0 unspecified atom stereocenters. The van der Waals surface area contributed by atoms with Gasteiger partial charge in [-0.05, 0) is 37.0 Å². The molecule has 132 valence electrons. The quantitative estimate of drug-likeness (QED) is 0.600. The monoisotopic (exact) mass is 346 g/mol. The number of hydrogen-bond donors (Lipinski definition) is 0. The summed E-state index contributed by atoms with van der Waals surface area (Å²) >= 11 is 0. The third-order valence-corrected chi connectivity index (χ3v) is 3.87. The van der Waals surface area contributed by atoms with Crippen molar-refractivity contribution in [3.8, 4) is 0 Å². The molecule has 0 aliphatic rings. The Kier molecular flexibility index (Phi) is 6.57. The summed E-state index contributed by atoms with van der Waals surface area (Å²) < 4.78 is 38.0. The van der Waals surface area contributed by atoms with Crippen LogP contribution < -0.4 is 0 Å². The van der Waals surface area contributed by atoms with Crippen LogP contribution in [0.2, 0.25) is 0 Å². The fourth-order valence-electron chi connectivity index (χ4n) is 2.60. The molecule has 0 spiro atoms. The lowest BCUT2D eigenvalue weighted by molar-refractivity contribution is -0.137. The molecule has 0 fully saturated rings. The highest BCUT2D eigenvalue weighted by atomic mass is 19.4. The predicted octanol–water partition coefficient (Wildman–Crippen LogP) is 6.01. The number of alkyl halides is 3. The average molecular weight is 346 g/mol. The van der Waals surface area contributed by atoms with Crippen LogP contribution in [-0.4, -0.2) is 5.78 Å². The molecular formula is C21H21F3O. The van der Waals surface area contributed by atoms with Gasteiger partial charge in [0.1, 0.15) is 5.78 Å². The van der Waals surface area contributed by atoms with Gasteiger partial charge in [-0.25, -0.2) is 0 Å². The Balaban J connectivity index is 1.77. The van der Waals surface area contributed by atoms with Gasteiger partial charge in [-0.1, -0.05) is 60.2 Å². The molecule has 0 saturated carbocycles. The van der Waals surface area contributed by atoms with Crippen LogP contribution in [-0.2, 0) is 17.4 Å². The van der Waals surface area contributed by atoms with Crippen molar-refractivity contribution in [2.75, 3.05) is 0 Å². The lowest BCUT2D eigenvalue weighted by Crippen LogP contribution is -2.05. The van der Waals surface area contributed by atoms with Gasteiger partial charge in [0.05, 0.1) is 5.56 Å². The highest BCUT2D eigenvalue weighted by molar-refractivity contribution is 5.80. The molecular weight excluding hydrogens is 325 g/mol. The van der Waals surface area contributed by atoms with Crippen molar-refractivity contribution in [1.29, 1.82) is 0 Å². The summed E-state index contributed by atoms with van der Waals surface area (Å²) in [7, 11) is 0. The molecule has 0 N–H and O–H groups in total. The van der Waals surface area contributed by atoms with Crippen molar-refractivity contribution in [3.63, 3.8) is 0 Å². The minimum absolute atomic E-state index is 0.0934. The molecule has 0 aliphatic heterocycles. The maximum atomic E-state index is 12.7. The minimum Gasteiger partial charge on any atom is -0.299 e. The van der Waals surface area contributed by atoms with E-state index in [9.17, 15) is 18.0 Å². The Labute approximate surface area is 146 Å². The van der Waals surface area contributed by atoms with E-state index in [0.29, 0.717) is 31.2 Å². The molecule has 25 heavy (non-hydrogen) atoms. The van der Waals surface area contributed by atoms with Crippen LogP contribution in [0.5, 0.6) is 0 Å². The summed E-state index contributed by atoms with van der Waals surface area (Å²) in [5.74, 6) is 0.0934. The highest BCUT2D eigenvalue weighted by Gasteiger charge is 2.30. The van der Waals surface area contributed by atoms with Crippen LogP contribution in [0.3, 0.4) is 0 Å². The number of carbonyl (C=O) groups is 1. The first-order valence-corrected chi connectivity index (χ1v) is 8.25. The normalized spacial score (nSPS) is 11.8. The van der Waals surface area contributed by atoms with Crippen molar-refractivity contribution in [2.24, 2.45) is 0 Å². The summed E-state index contributed by atoms with van der Waals surface area (Å²) in [5, 5.41) is 0. The summed E-state index contributed by atoms with van der Waals surface area (Å²) in [5.41, 5.74) is 2.18. The molecule has 0 bridgehead atoms. The molecule has 0 aliphatic carbocycles. The van der Waals surface area contributed by atoms with E-state index in [1.54, 1.807) is 6.07 Å². The third-order valence-electron chi connectivity index (χ3n) is 3.87. The predicted molar refractivity (Wildman–Crippen MR) is 94.2 cm³/mol. The third kappa shape index (κ3) is 6.57. The molecule has 0 radical (unpaired) electrons. The van der Waals surface area contributed by atoms with E-state index < -0.39 is 11.7 Å². The number of rotatable bonds is 7. The Hall–Kier alpha value is -2.36. The number of halogens is 3. The maximum absolute atomic E-state index is 12.7. The Morgan fingerprint density at radius 3 is 2.56 bits per heavy atom. The zero-order valence-electron chi connectivity index (χ0n) is 14.1. The van der Waals surface area contributed by atoms with Crippen molar-refractivity contribution in [2.45, 2.75) is 38.8 Å². The standard InChI is InChI=1S/C21H21F3O/c1-16-6-2-7-17(14-16)9-4-12-20(25)13-5-10-18-8-3-11-19(15-18)21(22,23)24/h2-4,6-9,11,14-15H,5,10,12-13H2,1H3/b9-4+. The summed E-state index contributed by atoms with van der Waals surface area (Å²) in [4.78, 5) is 11.9. The van der Waals surface area contributed by atoms with Gasteiger partial charge in [0, 0.05) is 12.8 Å². The first-order chi connectivity index (χ1) is 11.8. The van der Waals surface area contributed by atoms with Crippen molar-refractivity contribution < 1.29 is 18.0 Å². The Morgan fingerprint density at radius 2 is 1.84 bits per heavy atom. The van der Waals surface area contributed by atoms with Crippen LogP contribution in [0.15, 0.2) is 54.6 Å². The van der Waals surface area contributed by atoms with Crippen molar-refractivity contribution >= 4 is 11.9 Å². The van der Waals surface area contributed by atoms with Crippen molar-refractivity contribution in [3.05, 3.63) is 76.9 Å². The van der Waals surface area contributed by atoms with Crippen LogP contribution in [0.1, 0.15) is 41.5 Å². The number of Topliss-reactive ketones (excluding diaryl/α,β-unsaturated/α-hetero) is 1. The minimum atomic E-state index is -4.33. The van der Waals surface area contributed by atoms with E-state index in [1.165, 1.54) is 6.07 Å². The first kappa shape index (κ1) is 19.0. The van der Waals surface area contributed by atoms with Gasteiger partial charge in [-0.15, -0.1) is 0 Å². The second-order valence-corrected chi connectivity index (χ2v) is 6.11. The molecule has 0 saturated heterocycles. The first-order valence-electron chi connectivity index (χ1n) is 8.25. The number of aryl methyl sites for hydroxylation is 2. The van der Waals surface area contributed by atoms with Gasteiger partial charge in [0.25, 0.3) is 0 Å². The van der Waals surface area contributed by atoms with Gasteiger partial charge in [0.15, 0.2) is 0 Å². The topological polar surface area (TPSA) is 17.1 Å². The SMILES string of the molecule is Cc1cccc(/C=C/CC(=O)CCCc2cccc(C(F)(F)F)c2)c1. The zero-order valence-corrected chi connectivity index (χ0v) is 14.1. The lowest BCUT2D eigenvalue weighted by Gasteiger charge is -2.08. The molecule has 1 nitrogen and oxygen atoms in total. The summed E-state index contributed by atoms with van der Waals surface area (Å²) in [6, 6.07) is 13.3. The number of carbonyl (C=O) groups excluding carboxylic acids is 1. The maximum Gasteiger partial charge on any atom is 0.416 e. The van der Waals surface area contributed by atoms with Crippen LogP contribution in [0.25, 0.3) is 6.08 Å². The van der Waals surface area contributed by atoms with E-state index in [0.717, 1.165) is 23.3 Å². The van der Waals surface area contributed by atoms with Gasteiger partial charge < -0.3 is 0 Å². The van der Waals surface area contributed by atoms with Crippen LogP contribution in [0, 0.1) is 6.92 Å². The number of benzene rings is 2. The molecule has 0 amide bonds. The average Bonchev–Trinajstić information content (AvgIpc) is 2.54. The van der Waals surface area contributed by atoms with E-state index >= 15 is 0 Å². The smallest absolute Gasteiger partial charge is 0.299 e. The number of allylic oxidation sites excluding steroid dienone is 1. The van der Waals surface area contributed by atoms with Gasteiger partial charge in [-0.3, -0.25) is 4.79 Å². The molecule has 4 heteroatoms. The number of ketones is 1. The van der Waals surface area contributed by atoms with E-state index in [4.69, 9.17) is 0 Å².